The summed E-state index contributed by atoms with van der Waals surface area (Å²) in [6.07, 6.45) is 4.30. The van der Waals surface area contributed by atoms with Crippen LogP contribution >= 0.6 is 22.9 Å². The third-order valence-corrected chi connectivity index (χ3v) is 5.19. The normalized spacial score (nSPS) is 12.8. The summed E-state index contributed by atoms with van der Waals surface area (Å²) in [5.74, 6) is 0.855. The van der Waals surface area contributed by atoms with Crippen molar-refractivity contribution < 1.29 is 4.42 Å². The Hall–Kier alpha value is -2.11. The molecule has 3 heterocycles. The van der Waals surface area contributed by atoms with Crippen LogP contribution in [-0.2, 0) is 6.42 Å². The van der Waals surface area contributed by atoms with Gasteiger partial charge < -0.3 is 4.42 Å². The molecule has 0 radical (unpaired) electrons. The molecule has 3 aromatic heterocycles. The lowest BCUT2D eigenvalue weighted by atomic mass is 10.1. The summed E-state index contributed by atoms with van der Waals surface area (Å²) in [5, 5.41) is 9.17. The van der Waals surface area contributed by atoms with E-state index >= 15 is 0 Å². The van der Waals surface area contributed by atoms with Gasteiger partial charge in [0.05, 0.1) is 22.3 Å². The van der Waals surface area contributed by atoms with Crippen molar-refractivity contribution in [3.63, 3.8) is 0 Å². The minimum atomic E-state index is 0.202. The van der Waals surface area contributed by atoms with Crippen molar-refractivity contribution in [1.82, 2.24) is 14.8 Å². The third-order valence-electron chi connectivity index (χ3n) is 4.12. The number of rotatable bonds is 4. The monoisotopic (exact) mass is 357 g/mol. The number of aromatic nitrogens is 3. The lowest BCUT2D eigenvalue weighted by molar-refractivity contribution is 0.488. The van der Waals surface area contributed by atoms with Crippen LogP contribution in [0, 0.1) is 6.92 Å². The molecule has 0 aliphatic carbocycles. The molecule has 0 aliphatic rings. The average Bonchev–Trinajstić information content (AvgIpc) is 3.27. The lowest BCUT2D eigenvalue weighted by Gasteiger charge is -2.09. The number of fused-ring (bicyclic) bond motifs is 1. The Labute approximate surface area is 148 Å². The summed E-state index contributed by atoms with van der Waals surface area (Å²) >= 11 is 7.59. The highest BCUT2D eigenvalue weighted by molar-refractivity contribution is 7.09. The van der Waals surface area contributed by atoms with Crippen molar-refractivity contribution in [3.05, 3.63) is 57.6 Å². The Balaban J connectivity index is 1.61. The van der Waals surface area contributed by atoms with Crippen LogP contribution in [0.3, 0.4) is 0 Å². The minimum absolute atomic E-state index is 0.202. The van der Waals surface area contributed by atoms with Crippen LogP contribution < -0.4 is 0 Å². The van der Waals surface area contributed by atoms with E-state index in [0.29, 0.717) is 5.02 Å². The number of halogens is 1. The highest BCUT2D eigenvalue weighted by Gasteiger charge is 2.16. The molecule has 0 N–H and O–H groups in total. The van der Waals surface area contributed by atoms with Crippen molar-refractivity contribution in [2.45, 2.75) is 26.3 Å². The molecule has 0 saturated heterocycles. The summed E-state index contributed by atoms with van der Waals surface area (Å²) in [7, 11) is 0. The Kier molecular flexibility index (Phi) is 3.90. The SMILES string of the molecule is Cc1c(-c2csc(CC(C)n3cc(Cl)cn3)n2)oc2ccccc12. The molecule has 0 spiro atoms. The van der Waals surface area contributed by atoms with Gasteiger partial charge in [-0.25, -0.2) is 4.98 Å². The molecule has 0 bridgehead atoms. The van der Waals surface area contributed by atoms with Crippen molar-refractivity contribution in [2.24, 2.45) is 0 Å². The predicted octanol–water partition coefficient (Wildman–Crippen LogP) is 5.52. The standard InChI is InChI=1S/C18H16ClN3OS/c1-11(22-9-13(19)8-20-22)7-17-21-15(10-24-17)18-12(2)14-5-3-4-6-16(14)23-18/h3-6,8-11H,7H2,1-2H3. The molecule has 1 unspecified atom stereocenters. The maximum Gasteiger partial charge on any atom is 0.157 e. The van der Waals surface area contributed by atoms with E-state index in [9.17, 15) is 0 Å². The fourth-order valence-electron chi connectivity index (χ4n) is 2.83. The van der Waals surface area contributed by atoms with E-state index in [4.69, 9.17) is 21.0 Å². The second-order valence-corrected chi connectivity index (χ2v) is 7.25. The molecule has 0 saturated carbocycles. The summed E-state index contributed by atoms with van der Waals surface area (Å²) in [6, 6.07) is 8.28. The Morgan fingerprint density at radius 2 is 2.17 bits per heavy atom. The quantitative estimate of drug-likeness (QED) is 0.483. The van der Waals surface area contributed by atoms with E-state index in [-0.39, 0.29) is 6.04 Å². The molecule has 0 aliphatic heterocycles. The first kappa shape index (κ1) is 15.4. The van der Waals surface area contributed by atoms with E-state index < -0.39 is 0 Å². The zero-order valence-electron chi connectivity index (χ0n) is 13.4. The molecule has 0 amide bonds. The van der Waals surface area contributed by atoms with Crippen molar-refractivity contribution in [2.75, 3.05) is 0 Å². The molecule has 0 fully saturated rings. The summed E-state index contributed by atoms with van der Waals surface area (Å²) in [6.45, 7) is 4.19. The number of thiazole rings is 1. The predicted molar refractivity (Wildman–Crippen MR) is 97.7 cm³/mol. The first-order chi connectivity index (χ1) is 11.6. The number of para-hydroxylation sites is 1. The van der Waals surface area contributed by atoms with Gasteiger partial charge in [0.1, 0.15) is 11.3 Å². The van der Waals surface area contributed by atoms with Crippen LogP contribution in [0.15, 0.2) is 46.5 Å². The van der Waals surface area contributed by atoms with Gasteiger partial charge in [-0.2, -0.15) is 5.10 Å². The van der Waals surface area contributed by atoms with Crippen LogP contribution in [0.2, 0.25) is 5.02 Å². The van der Waals surface area contributed by atoms with Gasteiger partial charge in [-0.05, 0) is 19.9 Å². The molecule has 4 aromatic rings. The zero-order valence-corrected chi connectivity index (χ0v) is 14.9. The van der Waals surface area contributed by atoms with E-state index in [1.807, 2.05) is 29.1 Å². The minimum Gasteiger partial charge on any atom is -0.454 e. The van der Waals surface area contributed by atoms with Crippen LogP contribution in [0.5, 0.6) is 0 Å². The average molecular weight is 358 g/mol. The van der Waals surface area contributed by atoms with Gasteiger partial charge in [0.25, 0.3) is 0 Å². The van der Waals surface area contributed by atoms with E-state index in [1.54, 1.807) is 17.5 Å². The molecule has 6 heteroatoms. The van der Waals surface area contributed by atoms with Crippen molar-refractivity contribution >= 4 is 33.9 Å². The largest absolute Gasteiger partial charge is 0.454 e. The van der Waals surface area contributed by atoms with Gasteiger partial charge >= 0.3 is 0 Å². The number of benzene rings is 1. The fourth-order valence-corrected chi connectivity index (χ4v) is 3.87. The maximum absolute atomic E-state index is 6.00. The van der Waals surface area contributed by atoms with Crippen LogP contribution in [0.1, 0.15) is 23.5 Å². The van der Waals surface area contributed by atoms with Gasteiger partial charge in [0.2, 0.25) is 0 Å². The van der Waals surface area contributed by atoms with Crippen molar-refractivity contribution in [3.8, 4) is 11.5 Å². The molecule has 1 aromatic carbocycles. The maximum atomic E-state index is 6.00. The number of nitrogens with zero attached hydrogens (tertiary/aromatic N) is 3. The first-order valence-electron chi connectivity index (χ1n) is 7.74. The second-order valence-electron chi connectivity index (χ2n) is 5.87. The first-order valence-corrected chi connectivity index (χ1v) is 9.00. The second kappa shape index (κ2) is 6.07. The summed E-state index contributed by atoms with van der Waals surface area (Å²) < 4.78 is 7.87. The number of hydrogen-bond donors (Lipinski definition) is 0. The van der Waals surface area contributed by atoms with Crippen LogP contribution in [0.4, 0.5) is 0 Å². The van der Waals surface area contributed by atoms with Gasteiger partial charge in [-0.1, -0.05) is 29.8 Å². The topological polar surface area (TPSA) is 43.9 Å². The Bertz CT molecular complexity index is 1000. The summed E-state index contributed by atoms with van der Waals surface area (Å²) in [5.41, 5.74) is 2.93. The highest BCUT2D eigenvalue weighted by Crippen LogP contribution is 2.33. The van der Waals surface area contributed by atoms with Gasteiger partial charge in [-0.15, -0.1) is 11.3 Å². The fraction of sp³-hybridized carbons (Fsp3) is 0.222. The van der Waals surface area contributed by atoms with Gasteiger partial charge in [0.15, 0.2) is 5.76 Å². The van der Waals surface area contributed by atoms with Crippen LogP contribution in [0.25, 0.3) is 22.4 Å². The van der Waals surface area contributed by atoms with E-state index in [2.05, 4.69) is 30.4 Å². The number of aryl methyl sites for hydroxylation is 1. The molecule has 1 atom stereocenters. The van der Waals surface area contributed by atoms with Gasteiger partial charge in [-0.3, -0.25) is 4.68 Å². The highest BCUT2D eigenvalue weighted by atomic mass is 35.5. The smallest absolute Gasteiger partial charge is 0.157 e. The number of hydrogen-bond acceptors (Lipinski definition) is 4. The third kappa shape index (κ3) is 2.74. The molecule has 4 nitrogen and oxygen atoms in total. The zero-order chi connectivity index (χ0) is 16.7. The molecule has 24 heavy (non-hydrogen) atoms. The van der Waals surface area contributed by atoms with Gasteiger partial charge in [0, 0.05) is 28.9 Å². The Morgan fingerprint density at radius 1 is 1.33 bits per heavy atom. The lowest BCUT2D eigenvalue weighted by Crippen LogP contribution is -2.08. The number of furan rings is 1. The molecule has 4 rings (SSSR count). The van der Waals surface area contributed by atoms with E-state index in [1.165, 1.54) is 0 Å². The van der Waals surface area contributed by atoms with E-state index in [0.717, 1.165) is 39.4 Å². The Morgan fingerprint density at radius 3 is 2.92 bits per heavy atom. The molecular formula is C18H16ClN3OS. The molecule has 122 valence electrons. The molecular weight excluding hydrogens is 342 g/mol. The van der Waals surface area contributed by atoms with Crippen molar-refractivity contribution in [1.29, 1.82) is 0 Å². The van der Waals surface area contributed by atoms with Crippen LogP contribution in [-0.4, -0.2) is 14.8 Å². The summed E-state index contributed by atoms with van der Waals surface area (Å²) in [4.78, 5) is 4.76.